The van der Waals surface area contributed by atoms with Gasteiger partial charge >= 0.3 is 0 Å². The third kappa shape index (κ3) is 6.48. The van der Waals surface area contributed by atoms with Gasteiger partial charge in [-0.05, 0) is 0 Å². The molecule has 1 fully saturated rings. The average molecular weight is 360 g/mol. The number of guanidine groups is 1. The second kappa shape index (κ2) is 9.04. The molecule has 1 aliphatic heterocycles. The van der Waals surface area contributed by atoms with Crippen molar-refractivity contribution in [1.82, 2.24) is 20.0 Å². The second-order valence-corrected chi connectivity index (χ2v) is 6.41. The molecule has 0 unspecified atom stereocenters. The van der Waals surface area contributed by atoms with Crippen LogP contribution in [0.5, 0.6) is 0 Å². The van der Waals surface area contributed by atoms with Crippen LogP contribution in [0.4, 0.5) is 0 Å². The van der Waals surface area contributed by atoms with Crippen LogP contribution in [0.25, 0.3) is 0 Å². The molecular formula is C14H26BrN5O. The van der Waals surface area contributed by atoms with Crippen LogP contribution in [0.2, 0.25) is 0 Å². The standard InChI is InChI=1S/C14H26BrN5O/c1-12(15)11-17-14(16-2)20-9-7-19(8-10-20)6-5-13(21)18(3)4/h1,5-11H2,2-4H3,(H,16,17). The molecule has 0 spiro atoms. The van der Waals surface area contributed by atoms with Crippen molar-refractivity contribution in [3.63, 3.8) is 0 Å². The molecule has 0 radical (unpaired) electrons. The van der Waals surface area contributed by atoms with Crippen LogP contribution < -0.4 is 5.32 Å². The maximum absolute atomic E-state index is 11.6. The van der Waals surface area contributed by atoms with Gasteiger partial charge in [0.1, 0.15) is 0 Å². The molecule has 0 aliphatic carbocycles. The largest absolute Gasteiger partial charge is 0.352 e. The monoisotopic (exact) mass is 359 g/mol. The number of rotatable bonds is 5. The molecule has 0 bridgehead atoms. The number of piperazine rings is 1. The lowest BCUT2D eigenvalue weighted by Gasteiger charge is -2.36. The first kappa shape index (κ1) is 18.0. The minimum atomic E-state index is 0.186. The van der Waals surface area contributed by atoms with E-state index in [-0.39, 0.29) is 5.91 Å². The van der Waals surface area contributed by atoms with E-state index in [1.165, 1.54) is 0 Å². The van der Waals surface area contributed by atoms with E-state index in [2.05, 4.69) is 42.6 Å². The molecule has 6 nitrogen and oxygen atoms in total. The van der Waals surface area contributed by atoms with Crippen molar-refractivity contribution in [2.24, 2.45) is 4.99 Å². The van der Waals surface area contributed by atoms with Gasteiger partial charge in [-0.25, -0.2) is 0 Å². The number of nitrogens with zero attached hydrogens (tertiary/aromatic N) is 4. The molecule has 21 heavy (non-hydrogen) atoms. The number of halogens is 1. The van der Waals surface area contributed by atoms with Gasteiger partial charge in [-0.15, -0.1) is 0 Å². The van der Waals surface area contributed by atoms with Gasteiger partial charge in [0, 0.05) is 71.3 Å². The highest BCUT2D eigenvalue weighted by molar-refractivity contribution is 9.11. The van der Waals surface area contributed by atoms with Crippen molar-refractivity contribution in [1.29, 1.82) is 0 Å². The van der Waals surface area contributed by atoms with E-state index in [0.29, 0.717) is 13.0 Å². The van der Waals surface area contributed by atoms with Crippen LogP contribution in [-0.4, -0.2) is 87.0 Å². The summed E-state index contributed by atoms with van der Waals surface area (Å²) in [5, 5.41) is 3.27. The lowest BCUT2D eigenvalue weighted by molar-refractivity contribution is -0.129. The van der Waals surface area contributed by atoms with Crippen LogP contribution in [0.15, 0.2) is 16.1 Å². The molecule has 7 heteroatoms. The Bertz CT molecular complexity index is 389. The van der Waals surface area contributed by atoms with Gasteiger partial charge in [-0.1, -0.05) is 22.5 Å². The molecule has 1 aliphatic rings. The lowest BCUT2D eigenvalue weighted by Crippen LogP contribution is -2.52. The molecule has 1 amide bonds. The summed E-state index contributed by atoms with van der Waals surface area (Å²) in [6, 6.07) is 0. The Labute approximate surface area is 136 Å². The van der Waals surface area contributed by atoms with E-state index in [1.807, 2.05) is 0 Å². The zero-order valence-electron chi connectivity index (χ0n) is 13.2. The molecule has 1 rings (SSSR count). The summed E-state index contributed by atoms with van der Waals surface area (Å²) in [5.41, 5.74) is 0. The summed E-state index contributed by atoms with van der Waals surface area (Å²) in [6.07, 6.45) is 0.587. The molecular weight excluding hydrogens is 334 g/mol. The summed E-state index contributed by atoms with van der Waals surface area (Å²) in [6.45, 7) is 9.06. The van der Waals surface area contributed by atoms with Gasteiger partial charge in [0.2, 0.25) is 5.91 Å². The second-order valence-electron chi connectivity index (χ2n) is 5.28. The number of hydrogen-bond donors (Lipinski definition) is 1. The minimum absolute atomic E-state index is 0.186. The Hall–Kier alpha value is -1.08. The average Bonchev–Trinajstić information content (AvgIpc) is 2.46. The van der Waals surface area contributed by atoms with E-state index in [1.54, 1.807) is 26.0 Å². The predicted molar refractivity (Wildman–Crippen MR) is 90.8 cm³/mol. The smallest absolute Gasteiger partial charge is 0.223 e. The van der Waals surface area contributed by atoms with Gasteiger partial charge in [0.25, 0.3) is 0 Å². The number of carbonyl (C=O) groups is 1. The number of aliphatic imine (C=N–C) groups is 1. The van der Waals surface area contributed by atoms with E-state index in [9.17, 15) is 4.79 Å². The predicted octanol–water partition coefficient (Wildman–Crippen LogP) is 0.566. The zero-order chi connectivity index (χ0) is 15.8. The first-order valence-electron chi connectivity index (χ1n) is 7.15. The highest BCUT2D eigenvalue weighted by Crippen LogP contribution is 2.05. The fourth-order valence-corrected chi connectivity index (χ4v) is 2.31. The van der Waals surface area contributed by atoms with Gasteiger partial charge in [-0.2, -0.15) is 0 Å². The van der Waals surface area contributed by atoms with Gasteiger partial charge in [-0.3, -0.25) is 14.7 Å². The van der Waals surface area contributed by atoms with Crippen LogP contribution in [-0.2, 0) is 4.79 Å². The third-order valence-corrected chi connectivity index (χ3v) is 3.74. The molecule has 1 N–H and O–H groups in total. The van der Waals surface area contributed by atoms with Crippen molar-refractivity contribution in [3.05, 3.63) is 11.1 Å². The van der Waals surface area contributed by atoms with E-state index < -0.39 is 0 Å². The van der Waals surface area contributed by atoms with Crippen LogP contribution in [0.1, 0.15) is 6.42 Å². The molecule has 0 saturated carbocycles. The minimum Gasteiger partial charge on any atom is -0.352 e. The summed E-state index contributed by atoms with van der Waals surface area (Å²) in [4.78, 5) is 22.1. The van der Waals surface area contributed by atoms with Crippen molar-refractivity contribution in [2.75, 3.05) is 60.4 Å². The molecule has 0 aromatic rings. The zero-order valence-corrected chi connectivity index (χ0v) is 14.8. The number of carbonyl (C=O) groups excluding carboxylic acids is 1. The van der Waals surface area contributed by atoms with Crippen molar-refractivity contribution in [2.45, 2.75) is 6.42 Å². The van der Waals surface area contributed by atoms with Gasteiger partial charge < -0.3 is 15.1 Å². The fourth-order valence-electron chi connectivity index (χ4n) is 2.17. The molecule has 0 aromatic heterocycles. The number of amides is 1. The summed E-state index contributed by atoms with van der Waals surface area (Å²) >= 11 is 3.34. The highest BCUT2D eigenvalue weighted by Gasteiger charge is 2.20. The number of hydrogen-bond acceptors (Lipinski definition) is 3. The lowest BCUT2D eigenvalue weighted by atomic mass is 10.3. The Morgan fingerprint density at radius 2 is 1.95 bits per heavy atom. The Kier molecular flexibility index (Phi) is 7.74. The maximum atomic E-state index is 11.6. The van der Waals surface area contributed by atoms with Crippen LogP contribution >= 0.6 is 15.9 Å². The quantitative estimate of drug-likeness (QED) is 0.575. The number of nitrogens with one attached hydrogen (secondary N) is 1. The molecule has 120 valence electrons. The third-order valence-electron chi connectivity index (χ3n) is 3.46. The van der Waals surface area contributed by atoms with Crippen molar-refractivity contribution in [3.8, 4) is 0 Å². The van der Waals surface area contributed by atoms with E-state index in [4.69, 9.17) is 0 Å². The Morgan fingerprint density at radius 1 is 1.33 bits per heavy atom. The highest BCUT2D eigenvalue weighted by atomic mass is 79.9. The van der Waals surface area contributed by atoms with Gasteiger partial charge in [0.05, 0.1) is 0 Å². The maximum Gasteiger partial charge on any atom is 0.223 e. The first-order valence-corrected chi connectivity index (χ1v) is 7.94. The Morgan fingerprint density at radius 3 is 2.43 bits per heavy atom. The van der Waals surface area contributed by atoms with E-state index >= 15 is 0 Å². The van der Waals surface area contributed by atoms with Crippen molar-refractivity contribution >= 4 is 27.8 Å². The summed E-state index contributed by atoms with van der Waals surface area (Å²) in [5.74, 6) is 1.09. The van der Waals surface area contributed by atoms with Crippen LogP contribution in [0.3, 0.4) is 0 Å². The summed E-state index contributed by atoms with van der Waals surface area (Å²) in [7, 11) is 5.39. The molecule has 1 saturated heterocycles. The molecule has 0 aromatic carbocycles. The SMILES string of the molecule is C=C(Br)CNC(=NC)N1CCN(CCC(=O)N(C)C)CC1. The molecule has 1 heterocycles. The normalized spacial score (nSPS) is 16.8. The van der Waals surface area contributed by atoms with Gasteiger partial charge in [0.15, 0.2) is 5.96 Å². The topological polar surface area (TPSA) is 51.2 Å². The fraction of sp³-hybridized carbons (Fsp3) is 0.714. The van der Waals surface area contributed by atoms with E-state index in [0.717, 1.165) is 43.2 Å². The van der Waals surface area contributed by atoms with Crippen molar-refractivity contribution < 1.29 is 4.79 Å². The first-order chi connectivity index (χ1) is 9.93. The van der Waals surface area contributed by atoms with Crippen LogP contribution in [0, 0.1) is 0 Å². The summed E-state index contributed by atoms with van der Waals surface area (Å²) < 4.78 is 0.907. The Balaban J connectivity index is 2.34. The molecule has 0 atom stereocenters.